The van der Waals surface area contributed by atoms with Gasteiger partial charge in [-0.25, -0.2) is 17.6 Å². The molecule has 2 aliphatic rings. The second-order valence-electron chi connectivity index (χ2n) is 14.9. The van der Waals surface area contributed by atoms with E-state index in [1.165, 1.54) is 101 Å². The summed E-state index contributed by atoms with van der Waals surface area (Å²) in [5.41, 5.74) is 5.05. The quantitative estimate of drug-likeness (QED) is 0.0679. The summed E-state index contributed by atoms with van der Waals surface area (Å²) in [7, 11) is 0. The van der Waals surface area contributed by atoms with Crippen molar-refractivity contribution in [2.24, 2.45) is 0 Å². The number of carbonyl (C=O) groups is 1. The minimum atomic E-state index is -1.24. The van der Waals surface area contributed by atoms with Gasteiger partial charge in [0, 0.05) is 31.4 Å². The van der Waals surface area contributed by atoms with Crippen LogP contribution >= 0.6 is 0 Å². The van der Waals surface area contributed by atoms with Gasteiger partial charge in [0.2, 0.25) is 0 Å². The zero-order chi connectivity index (χ0) is 42.0. The van der Waals surface area contributed by atoms with Crippen molar-refractivity contribution < 1.29 is 47.6 Å². The van der Waals surface area contributed by atoms with E-state index in [0.717, 1.165) is 60.8 Å². The van der Waals surface area contributed by atoms with Crippen LogP contribution in [0.1, 0.15) is 101 Å². The maximum atomic E-state index is 14.2. The monoisotopic (exact) mass is 1000 g/mol. The molecule has 5 aromatic rings. The Morgan fingerprint density at radius 1 is 0.533 bits per heavy atom. The number of aromatic nitrogens is 1. The molecular weight excluding hydrogens is 947 g/mol. The van der Waals surface area contributed by atoms with Crippen LogP contribution in [-0.2, 0) is 20.1 Å². The Morgan fingerprint density at radius 2 is 0.933 bits per heavy atom. The van der Waals surface area contributed by atoms with Crippen molar-refractivity contribution in [3.63, 3.8) is 0 Å². The van der Waals surface area contributed by atoms with Gasteiger partial charge in [-0.1, -0.05) is 108 Å². The van der Waals surface area contributed by atoms with Gasteiger partial charge in [-0.15, -0.1) is 0 Å². The molecule has 1 aromatic heterocycles. The third-order valence-corrected chi connectivity index (χ3v) is 10.5. The van der Waals surface area contributed by atoms with Crippen LogP contribution in [0.25, 0.3) is 0 Å². The number of pyridine rings is 1. The van der Waals surface area contributed by atoms with Gasteiger partial charge in [0.15, 0.2) is 0 Å². The van der Waals surface area contributed by atoms with E-state index >= 15 is 0 Å². The number of carboxylic acids is 1. The predicted molar refractivity (Wildman–Crippen MR) is 230 cm³/mol. The van der Waals surface area contributed by atoms with Crippen LogP contribution in [0.15, 0.2) is 109 Å². The summed E-state index contributed by atoms with van der Waals surface area (Å²) in [6, 6.07) is 28.3. The number of halogens is 4. The maximum absolute atomic E-state index is 14.2. The zero-order valence-corrected chi connectivity index (χ0v) is 37.0. The molecule has 0 N–H and O–H groups in total. The van der Waals surface area contributed by atoms with E-state index in [1.54, 1.807) is 12.1 Å². The summed E-state index contributed by atoms with van der Waals surface area (Å²) in [4.78, 5) is 22.0. The standard InChI is InChI=1S/2C21H26F2N2.C6H5NO2.Ir/c2*1-2-3-4-5-6-9-14-24-16-25(21-11-8-7-10-20(21)24)19-13-12-17(22)15-18(19)23;8-6(9)5-3-1-2-4-7-5;/h2*7-8,10-13,15H,2-6,9,14,16H2,1H3;1-4H,(H,8,9);/q;;;+3/p-1. The fraction of sp³-hybridized carbons (Fsp3) is 0.375. The van der Waals surface area contributed by atoms with Gasteiger partial charge in [-0.3, -0.25) is 4.98 Å². The second-order valence-corrected chi connectivity index (χ2v) is 14.9. The van der Waals surface area contributed by atoms with Crippen LogP contribution < -0.4 is 24.7 Å². The fourth-order valence-corrected chi connectivity index (χ4v) is 7.41. The number of para-hydroxylation sites is 4. The Kier molecular flexibility index (Phi) is 19.9. The Balaban J connectivity index is 0.000000217. The van der Waals surface area contributed by atoms with E-state index in [2.05, 4.69) is 40.8 Å². The molecule has 60 heavy (non-hydrogen) atoms. The Morgan fingerprint density at radius 3 is 1.30 bits per heavy atom. The number of hydrogen-bond acceptors (Lipinski definition) is 7. The number of unbranched alkanes of at least 4 members (excludes halogenated alkanes) is 10. The van der Waals surface area contributed by atoms with Crippen molar-refractivity contribution in [3.8, 4) is 0 Å². The summed E-state index contributed by atoms with van der Waals surface area (Å²) in [6.45, 7) is 7.59. The number of benzene rings is 4. The zero-order valence-electron chi connectivity index (χ0n) is 34.6. The number of hydrogen-bond donors (Lipinski definition) is 0. The molecule has 0 radical (unpaired) electrons. The number of aromatic carboxylic acids is 1. The van der Waals surface area contributed by atoms with Crippen molar-refractivity contribution in [1.82, 2.24) is 4.98 Å². The van der Waals surface area contributed by atoms with E-state index in [4.69, 9.17) is 0 Å². The molecule has 0 fully saturated rings. The summed E-state index contributed by atoms with van der Waals surface area (Å²) in [6.07, 6.45) is 16.4. The summed E-state index contributed by atoms with van der Waals surface area (Å²) >= 11 is 0. The molecule has 0 atom stereocenters. The Hall–Kier alpha value is -4.93. The van der Waals surface area contributed by atoms with Crippen LogP contribution in [0.2, 0.25) is 0 Å². The molecule has 7 rings (SSSR count). The third kappa shape index (κ3) is 13.5. The van der Waals surface area contributed by atoms with Gasteiger partial charge in [0.25, 0.3) is 0 Å². The van der Waals surface area contributed by atoms with Gasteiger partial charge in [-0.2, -0.15) is 0 Å². The minimum absolute atomic E-state index is 0. The molecule has 2 aliphatic heterocycles. The number of anilines is 6. The molecule has 0 saturated carbocycles. The number of carbonyl (C=O) groups excluding carboxylic acids is 1. The first kappa shape index (κ1) is 47.7. The molecule has 0 unspecified atom stereocenters. The van der Waals surface area contributed by atoms with Crippen molar-refractivity contribution in [1.29, 1.82) is 0 Å². The first-order valence-electron chi connectivity index (χ1n) is 21.0. The third-order valence-electron chi connectivity index (χ3n) is 10.5. The largest absolute Gasteiger partial charge is 3.00 e. The molecule has 3 heterocycles. The minimum Gasteiger partial charge on any atom is -0.543 e. The predicted octanol–water partition coefficient (Wildman–Crippen LogP) is 11.9. The molecule has 4 aromatic carbocycles. The Labute approximate surface area is 366 Å². The number of rotatable bonds is 17. The molecule has 320 valence electrons. The maximum Gasteiger partial charge on any atom is 3.00 e. The van der Waals surface area contributed by atoms with Gasteiger partial charge < -0.3 is 29.5 Å². The molecule has 0 amide bonds. The fourth-order valence-electron chi connectivity index (χ4n) is 7.41. The average Bonchev–Trinajstić information content (AvgIpc) is 3.79. The number of fused-ring (bicyclic) bond motifs is 2. The number of carboxylic acid groups (broad SMARTS) is 1. The first-order valence-corrected chi connectivity index (χ1v) is 21.0. The topological polar surface area (TPSA) is 66.0 Å². The first-order chi connectivity index (χ1) is 28.7. The van der Waals surface area contributed by atoms with E-state index in [-0.39, 0.29) is 25.8 Å². The SMILES string of the molecule is CCCCCCCCN1CN(c2ccc(F)cc2F)c2ccccc21.CCCCCCCCN1CN(c2ccc(F)cc2F)c2ccccc21.O=C([O-])c1ccccn1.[Ir+3]. The molecular formula is C48H56F4IrN5O2+2. The van der Waals surface area contributed by atoms with Crippen molar-refractivity contribution in [2.45, 2.75) is 90.9 Å². The summed E-state index contributed by atoms with van der Waals surface area (Å²) in [5, 5.41) is 10.0. The Bertz CT molecular complexity index is 1940. The van der Waals surface area contributed by atoms with E-state index in [0.29, 0.717) is 24.7 Å². The van der Waals surface area contributed by atoms with Crippen LogP contribution in [0.5, 0.6) is 0 Å². The summed E-state index contributed by atoms with van der Waals surface area (Å²) in [5.74, 6) is -3.36. The smallest absolute Gasteiger partial charge is 0.543 e. The van der Waals surface area contributed by atoms with Gasteiger partial charge in [0.1, 0.15) is 23.3 Å². The summed E-state index contributed by atoms with van der Waals surface area (Å²) < 4.78 is 55.0. The number of nitrogens with zero attached hydrogens (tertiary/aromatic N) is 5. The van der Waals surface area contributed by atoms with E-state index < -0.39 is 29.2 Å². The molecule has 7 nitrogen and oxygen atoms in total. The van der Waals surface area contributed by atoms with E-state index in [9.17, 15) is 27.5 Å². The molecule has 0 bridgehead atoms. The normalized spacial score (nSPS) is 12.5. The van der Waals surface area contributed by atoms with Gasteiger partial charge >= 0.3 is 20.1 Å². The molecule has 0 spiro atoms. The van der Waals surface area contributed by atoms with E-state index in [1.807, 2.05) is 46.2 Å². The van der Waals surface area contributed by atoms with Crippen LogP contribution in [0, 0.1) is 23.3 Å². The second kappa shape index (κ2) is 25.0. The van der Waals surface area contributed by atoms with Crippen LogP contribution in [-0.4, -0.2) is 37.4 Å². The van der Waals surface area contributed by atoms with Crippen LogP contribution in [0.3, 0.4) is 0 Å². The average molecular weight is 1000 g/mol. The van der Waals surface area contributed by atoms with Crippen molar-refractivity contribution in [3.05, 3.63) is 138 Å². The van der Waals surface area contributed by atoms with Crippen LogP contribution in [0.4, 0.5) is 51.7 Å². The van der Waals surface area contributed by atoms with Gasteiger partial charge in [-0.05, 0) is 73.5 Å². The van der Waals surface area contributed by atoms with Crippen molar-refractivity contribution >= 4 is 40.1 Å². The van der Waals surface area contributed by atoms with Gasteiger partial charge in [0.05, 0.1) is 59.1 Å². The van der Waals surface area contributed by atoms with Crippen molar-refractivity contribution in [2.75, 3.05) is 46.0 Å². The molecule has 12 heteroatoms. The molecule has 0 saturated heterocycles. The molecule has 0 aliphatic carbocycles.